The Morgan fingerprint density at radius 2 is 0.741 bits per heavy atom. The number of aryl methyl sites for hydroxylation is 4. The maximum absolute atomic E-state index is 13.4. The summed E-state index contributed by atoms with van der Waals surface area (Å²) in [5, 5.41) is 70.6. The van der Waals surface area contributed by atoms with E-state index in [0.717, 1.165) is 55.2 Å². The van der Waals surface area contributed by atoms with E-state index in [4.69, 9.17) is 31.2 Å². The van der Waals surface area contributed by atoms with Crippen molar-refractivity contribution in [2.45, 2.75) is 210 Å². The van der Waals surface area contributed by atoms with E-state index in [-0.39, 0.29) is 153 Å². The molecule has 0 spiro atoms. The normalized spacial score (nSPS) is 18.6. The van der Waals surface area contributed by atoms with E-state index in [1.165, 1.54) is 18.7 Å². The summed E-state index contributed by atoms with van der Waals surface area (Å²) < 4.78 is 111. The second-order valence-corrected chi connectivity index (χ2v) is 46.7. The summed E-state index contributed by atoms with van der Waals surface area (Å²) in [5.74, 6) is 1.43. The molecule has 8 fully saturated rings. The van der Waals surface area contributed by atoms with Gasteiger partial charge in [0.15, 0.2) is 67.9 Å². The standard InChI is InChI=1S/C25H27N5O5S.C24H24N6O4S.C15H21N5O4S.C15H19N3O5S.C9H7NO2.3CH4/c1-29-22-20(8-11-30(24(22)33)15-25(9-10-25)36(34,35)19-6-7-19)21(28-29)23(32)27-14-18(31)12-16-2-4-17(13-26)5-3-16;1-29-21-18(8-11-30(23(21)31)14-24(9-10-24)35(32,33)17-6-7-17)20(28-29)22-27-26-19(34-22)12-15-2-4-16(13-25)5-3-15;1-19-12-10(11(18-19)13(21)17-16)4-7-20(14(12)22)8-15(5-6-15)25(23,24)9-2-3-9;1-17-12-10(11(16-17)14(20)21)4-7-18(13(12)19)8-15(5-6-15)24(22,23)9-2-3-9;10-6-8-3-1-7(2-4-8)5-9(11)12;;;/h2-5,19H,6-12,14-15H2,1H3,(H,27,32);2-5,17H,6-12,14H2,1H3;9H,2-8,16H2,1H3,(H,17,21);9H,2-8H2,1H3,(H,20,21);1-4H,5H2,(H,11,12);3*1H4. The molecule has 8 aromatic rings. The minimum absolute atomic E-state index is 0. The molecule has 8 saturated carbocycles. The number of carbonyl (C=O) groups excluding carboxylic acids is 7. The van der Waals surface area contributed by atoms with Crippen molar-refractivity contribution in [3.05, 3.63) is 174 Å². The molecule has 40 nitrogen and oxygen atoms in total. The zero-order chi connectivity index (χ0) is 94.3. The predicted octanol–water partition coefficient (Wildman–Crippen LogP) is 5.43. The number of rotatable bonds is 28. The van der Waals surface area contributed by atoms with Gasteiger partial charge in [0.2, 0.25) is 5.89 Å². The Morgan fingerprint density at radius 3 is 1.06 bits per heavy atom. The number of hydrogen-bond donors (Lipinski definition) is 5. The highest BCUT2D eigenvalue weighted by Crippen LogP contribution is 2.55. The number of carboxylic acid groups (broad SMARTS) is 2. The van der Waals surface area contributed by atoms with Crippen molar-refractivity contribution in [3.8, 4) is 29.8 Å². The zero-order valence-electron chi connectivity index (χ0n) is 72.9. The molecule has 20 rings (SSSR count). The maximum Gasteiger partial charge on any atom is 0.356 e. The number of aliphatic carboxylic acids is 1. The third kappa shape index (κ3) is 19.8. The lowest BCUT2D eigenvalue weighted by Gasteiger charge is -2.31. The molecular formula is C91H110N20O20S4. The highest BCUT2D eigenvalue weighted by molar-refractivity contribution is 7.95. The number of amides is 6. The minimum Gasteiger partial charge on any atom is -0.481 e. The van der Waals surface area contributed by atoms with Crippen molar-refractivity contribution >= 4 is 92.5 Å². The van der Waals surface area contributed by atoms with Gasteiger partial charge in [-0.05, 0) is 182 Å². The number of nitrogen functional groups attached to an aromatic ring is 1. The first-order valence-corrected chi connectivity index (χ1v) is 49.8. The van der Waals surface area contributed by atoms with Gasteiger partial charge in [-0.1, -0.05) is 58.7 Å². The van der Waals surface area contributed by atoms with Crippen LogP contribution in [0.3, 0.4) is 0 Å². The lowest BCUT2D eigenvalue weighted by Crippen LogP contribution is -2.47. The van der Waals surface area contributed by atoms with Gasteiger partial charge < -0.3 is 39.5 Å². The van der Waals surface area contributed by atoms with Crippen molar-refractivity contribution in [1.82, 2.24) is 79.7 Å². The maximum atomic E-state index is 13.4. The number of nitrogens with one attached hydrogen (secondary N) is 2. The second kappa shape index (κ2) is 38.2. The van der Waals surface area contributed by atoms with Crippen LogP contribution in [0.4, 0.5) is 0 Å². The van der Waals surface area contributed by atoms with E-state index in [0.29, 0.717) is 184 Å². The van der Waals surface area contributed by atoms with Gasteiger partial charge >= 0.3 is 11.9 Å². The number of benzene rings is 3. The van der Waals surface area contributed by atoms with Gasteiger partial charge in [0.1, 0.15) is 22.8 Å². The molecule has 5 aromatic heterocycles. The Labute approximate surface area is 781 Å². The van der Waals surface area contributed by atoms with Gasteiger partial charge in [-0.25, -0.2) is 44.3 Å². The number of aromatic carboxylic acids is 1. The summed E-state index contributed by atoms with van der Waals surface area (Å²) in [5.41, 5.74) is 10.3. The second-order valence-electron chi connectivity index (χ2n) is 36.2. The van der Waals surface area contributed by atoms with Crippen molar-refractivity contribution in [2.24, 2.45) is 34.0 Å². The average Bonchev–Trinajstić information content (AvgIpc) is 1.57. The number of aromatic nitrogens is 10. The minimum atomic E-state index is -3.24. The van der Waals surface area contributed by atoms with Crippen molar-refractivity contribution in [1.29, 1.82) is 15.8 Å². The molecule has 4 aliphatic heterocycles. The highest BCUT2D eigenvalue weighted by atomic mass is 32.2. The third-order valence-corrected chi connectivity index (χ3v) is 39.1. The Morgan fingerprint density at radius 1 is 0.437 bits per heavy atom. The summed E-state index contributed by atoms with van der Waals surface area (Å²) in [4.78, 5) is 117. The topological polar surface area (TPSA) is 575 Å². The van der Waals surface area contributed by atoms with Crippen LogP contribution < -0.4 is 16.6 Å². The molecule has 8 aliphatic carbocycles. The van der Waals surface area contributed by atoms with E-state index >= 15 is 0 Å². The van der Waals surface area contributed by atoms with Gasteiger partial charge in [-0.3, -0.25) is 62.5 Å². The molecule has 6 N–H and O–H groups in total. The summed E-state index contributed by atoms with van der Waals surface area (Å²) in [6, 6.07) is 26.4. The molecule has 0 atom stereocenters. The van der Waals surface area contributed by atoms with Crippen LogP contribution in [-0.4, -0.2) is 265 Å². The van der Waals surface area contributed by atoms with Crippen molar-refractivity contribution in [3.63, 3.8) is 0 Å². The quantitative estimate of drug-likeness (QED) is 0.0232. The molecule has 6 amide bonds. The van der Waals surface area contributed by atoms with Crippen molar-refractivity contribution in [2.75, 3.05) is 58.9 Å². The predicted molar refractivity (Wildman–Crippen MR) is 488 cm³/mol. The van der Waals surface area contributed by atoms with Crippen LogP contribution in [0.15, 0.2) is 77.2 Å². The fourth-order valence-electron chi connectivity index (χ4n) is 18.1. The summed E-state index contributed by atoms with van der Waals surface area (Å²) >= 11 is 0. The van der Waals surface area contributed by atoms with Crippen LogP contribution in [0.25, 0.3) is 11.6 Å². The number of ketones is 1. The largest absolute Gasteiger partial charge is 0.481 e. The molecule has 0 bridgehead atoms. The average molecular weight is 1930 g/mol. The number of carboxylic acids is 2. The Kier molecular flexibility index (Phi) is 28.2. The number of carbonyl (C=O) groups is 9. The number of nitriles is 3. The molecule has 0 unspecified atom stereocenters. The summed E-state index contributed by atoms with van der Waals surface area (Å²) in [7, 11) is -6.37. The molecule has 135 heavy (non-hydrogen) atoms. The van der Waals surface area contributed by atoms with Gasteiger partial charge in [0.25, 0.3) is 41.3 Å². The number of sulfone groups is 4. The molecule has 0 saturated heterocycles. The fourth-order valence-corrected chi connectivity index (χ4v) is 28.0. The smallest absolute Gasteiger partial charge is 0.356 e. The van der Waals surface area contributed by atoms with Crippen LogP contribution >= 0.6 is 0 Å². The number of hydrogen-bond acceptors (Lipinski definition) is 28. The number of Topliss-reactive ketones (excluding diaryl/α,β-unsaturated/α-hetero) is 1. The Balaban J connectivity index is 0.000000147. The van der Waals surface area contributed by atoms with Gasteiger partial charge in [-0.15, -0.1) is 10.2 Å². The van der Waals surface area contributed by atoms with E-state index in [1.807, 2.05) is 29.7 Å². The molecule has 718 valence electrons. The van der Waals surface area contributed by atoms with E-state index < -0.39 is 82.1 Å². The van der Waals surface area contributed by atoms with Crippen LogP contribution in [0.5, 0.6) is 0 Å². The fraction of sp³-hybridized carbons (Fsp3) is 0.516. The molecule has 44 heteroatoms. The molecule has 0 radical (unpaired) electrons. The lowest BCUT2D eigenvalue weighted by atomic mass is 10.0. The molecule has 9 heterocycles. The van der Waals surface area contributed by atoms with Gasteiger partial charge in [-0.2, -0.15) is 36.2 Å². The summed E-state index contributed by atoms with van der Waals surface area (Å²) in [6.45, 7) is 2.14. The number of fused-ring (bicyclic) bond motifs is 4. The van der Waals surface area contributed by atoms with Crippen LogP contribution in [0, 0.1) is 34.0 Å². The molecule has 3 aromatic carbocycles. The number of nitrogens with zero attached hydrogens (tertiary/aromatic N) is 17. The van der Waals surface area contributed by atoms with E-state index in [1.54, 1.807) is 108 Å². The van der Waals surface area contributed by atoms with E-state index in [2.05, 4.69) is 42.0 Å². The number of nitrogens with two attached hydrogens (primary N) is 1. The van der Waals surface area contributed by atoms with Crippen molar-refractivity contribution < 1.29 is 91.5 Å². The first kappa shape index (κ1) is 99.8. The Hall–Kier alpha value is -12.7. The first-order valence-electron chi connectivity index (χ1n) is 43.7. The third-order valence-electron chi connectivity index (χ3n) is 26.7. The van der Waals surface area contributed by atoms with E-state index in [9.17, 15) is 81.9 Å². The molecular weight excluding hydrogens is 1820 g/mol. The highest BCUT2D eigenvalue weighted by Gasteiger charge is 2.64. The van der Waals surface area contributed by atoms with Crippen LogP contribution in [0.2, 0.25) is 0 Å². The SMILES string of the molecule is C.C.C.Cn1nc(-c2nnc(Cc3ccc(C#N)cc3)o2)c2c1C(=O)N(CC1(S(=O)(=O)C3CC3)CC1)CC2.Cn1nc(C(=O)NCC(=O)Cc2ccc(C#N)cc2)c2c1C(=O)N(CC1(S(=O)(=O)C3CC3)CC1)CC2.Cn1nc(C(=O)NN)c2c1C(=O)N(CC1(S(=O)(=O)C3CC3)CC1)CC2.Cn1nc(C(=O)O)c2c1C(=O)N(CC1(S(=O)(=O)C3CC3)CC1)CC2.N#Cc1ccc(CC(=O)O)cc1. The monoisotopic (exact) mass is 1930 g/mol. The number of hydrazine groups is 1. The lowest BCUT2D eigenvalue weighted by molar-refractivity contribution is -0.136. The Bertz CT molecular complexity index is 6680. The van der Waals surface area contributed by atoms with Crippen LogP contribution in [-0.2, 0) is 122 Å². The summed E-state index contributed by atoms with van der Waals surface area (Å²) in [6.07, 6.45) is 13.0. The van der Waals surface area contributed by atoms with Crippen LogP contribution in [0.1, 0.15) is 260 Å². The molecule has 12 aliphatic rings. The van der Waals surface area contributed by atoms with Gasteiger partial charge in [0.05, 0.1) is 94.3 Å². The zero-order valence-corrected chi connectivity index (χ0v) is 76.2. The first-order chi connectivity index (χ1) is 62.7. The van der Waals surface area contributed by atoms with Gasteiger partial charge in [0, 0.05) is 109 Å².